The Morgan fingerprint density at radius 1 is 1.15 bits per heavy atom. The summed E-state index contributed by atoms with van der Waals surface area (Å²) < 4.78 is 89.0. The van der Waals surface area contributed by atoms with Gasteiger partial charge in [0.2, 0.25) is 5.91 Å². The molecule has 54 heavy (non-hydrogen) atoms. The fraction of sp³-hybridized carbons (Fsp3) is 0.278. The second-order valence-corrected chi connectivity index (χ2v) is 13.4. The van der Waals surface area contributed by atoms with Gasteiger partial charge in [0.1, 0.15) is 40.6 Å². The van der Waals surface area contributed by atoms with Crippen molar-refractivity contribution in [2.24, 2.45) is 10.7 Å². The van der Waals surface area contributed by atoms with Gasteiger partial charge < -0.3 is 40.8 Å². The van der Waals surface area contributed by atoms with E-state index in [1.165, 1.54) is 43.3 Å². The van der Waals surface area contributed by atoms with Crippen molar-refractivity contribution in [2.75, 3.05) is 18.9 Å². The topological polar surface area (TPSA) is 181 Å². The molecular weight excluding hydrogens is 745 g/mol. The highest BCUT2D eigenvalue weighted by Crippen LogP contribution is 2.53. The highest BCUT2D eigenvalue weighted by molar-refractivity contribution is 6.35. The number of aliphatic hydroxyl groups is 1. The smallest absolute Gasteiger partial charge is 0.489 e. The average molecular weight is 774 g/mol. The Hall–Kier alpha value is -5.68. The normalized spacial score (nSPS) is 19.4. The maximum Gasteiger partial charge on any atom is 0.586 e. The van der Waals surface area contributed by atoms with Gasteiger partial charge in [-0.15, -0.1) is 8.78 Å². The molecule has 2 aliphatic heterocycles. The van der Waals surface area contributed by atoms with Crippen molar-refractivity contribution in [3.8, 4) is 34.3 Å². The summed E-state index contributed by atoms with van der Waals surface area (Å²) in [7, 11) is 0. The van der Waals surface area contributed by atoms with Crippen molar-refractivity contribution in [3.05, 3.63) is 93.4 Å². The lowest BCUT2D eigenvalue weighted by Crippen LogP contribution is -2.43. The van der Waals surface area contributed by atoms with Crippen molar-refractivity contribution < 1.29 is 55.6 Å². The molecule has 0 saturated heterocycles. The molecule has 4 aromatic rings. The minimum atomic E-state index is -4.02. The fourth-order valence-corrected chi connectivity index (χ4v) is 6.29. The molecule has 1 saturated carbocycles. The van der Waals surface area contributed by atoms with Crippen LogP contribution in [0.25, 0.3) is 11.3 Å². The Kier molecular flexibility index (Phi) is 9.04. The number of fused-ring (bicyclic) bond motifs is 2. The van der Waals surface area contributed by atoms with Crippen LogP contribution in [0.2, 0.25) is 5.02 Å². The molecule has 0 bridgehead atoms. The summed E-state index contributed by atoms with van der Waals surface area (Å²) >= 11 is 6.58. The summed E-state index contributed by atoms with van der Waals surface area (Å²) in [6.07, 6.45) is -1.95. The Morgan fingerprint density at radius 3 is 2.54 bits per heavy atom. The summed E-state index contributed by atoms with van der Waals surface area (Å²) in [4.78, 5) is 34.3. The third-order valence-corrected chi connectivity index (χ3v) is 9.59. The maximum atomic E-state index is 14.2. The number of halogens is 6. The Labute approximate surface area is 307 Å². The first-order valence-electron chi connectivity index (χ1n) is 16.2. The summed E-state index contributed by atoms with van der Waals surface area (Å²) in [5, 5.41) is 14.8. The summed E-state index contributed by atoms with van der Waals surface area (Å²) in [5.41, 5.74) is 7.72. The van der Waals surface area contributed by atoms with Gasteiger partial charge in [0, 0.05) is 28.5 Å². The number of aromatic nitrogens is 1. The number of primary amides is 1. The molecule has 0 spiro atoms. The minimum absolute atomic E-state index is 0.0125. The van der Waals surface area contributed by atoms with Crippen LogP contribution < -0.4 is 35.7 Å². The second kappa shape index (κ2) is 13.3. The van der Waals surface area contributed by atoms with E-state index in [1.54, 1.807) is 0 Å². The van der Waals surface area contributed by atoms with Gasteiger partial charge in [-0.25, -0.2) is 14.4 Å². The van der Waals surface area contributed by atoms with Gasteiger partial charge in [-0.05, 0) is 67.8 Å². The number of carbonyl (C=O) groups excluding carboxylic acids is 2. The van der Waals surface area contributed by atoms with Crippen molar-refractivity contribution in [3.63, 3.8) is 0 Å². The number of anilines is 1. The van der Waals surface area contributed by atoms with Crippen molar-refractivity contribution >= 4 is 35.3 Å². The molecule has 12 nitrogen and oxygen atoms in total. The van der Waals surface area contributed by atoms with E-state index >= 15 is 0 Å². The van der Waals surface area contributed by atoms with Gasteiger partial charge in [0.25, 0.3) is 5.91 Å². The van der Waals surface area contributed by atoms with Gasteiger partial charge in [-0.3, -0.25) is 9.59 Å². The standard InChI is InChI=1S/C36H29ClF5N5O7/c1-34(32(44)49)15-51-29-22(34)12-25(47-28(29)21-8-9-23-30(26(21)37)54-36(41,42)53-23)35(50,18-2-4-19(38)5-3-18)14-46-31(48)16-10-17(13-45-33(39)40)27(43)24(11-16)52-20-6-7-20/h2-5,8-13,20,33,50H,6-7,14-15,43H2,1H3,(H2,44,49)(H,46,48)/b45-13+/t34-,35+/m0/s1. The fourth-order valence-electron chi connectivity index (χ4n) is 6.01. The van der Waals surface area contributed by atoms with Crippen LogP contribution in [0.3, 0.4) is 0 Å². The molecule has 0 radical (unpaired) electrons. The van der Waals surface area contributed by atoms with Gasteiger partial charge in [-0.1, -0.05) is 23.7 Å². The number of benzene rings is 3. The molecule has 7 rings (SSSR count). The molecule has 1 aliphatic carbocycles. The van der Waals surface area contributed by atoms with Crippen LogP contribution in [0.1, 0.15) is 52.5 Å². The lowest BCUT2D eigenvalue weighted by Gasteiger charge is -2.30. The van der Waals surface area contributed by atoms with Crippen LogP contribution in [0.15, 0.2) is 59.6 Å². The molecule has 3 aliphatic rings. The predicted octanol–water partition coefficient (Wildman–Crippen LogP) is 5.43. The van der Waals surface area contributed by atoms with E-state index in [0.29, 0.717) is 0 Å². The van der Waals surface area contributed by atoms with E-state index in [9.17, 15) is 36.6 Å². The average Bonchev–Trinajstić information content (AvgIpc) is 3.79. The number of rotatable bonds is 11. The number of nitrogens with one attached hydrogen (secondary N) is 1. The summed E-state index contributed by atoms with van der Waals surface area (Å²) in [6, 6.07) is 10.9. The molecule has 1 aromatic heterocycles. The molecule has 6 N–H and O–H groups in total. The molecule has 18 heteroatoms. The molecule has 2 amide bonds. The first-order valence-corrected chi connectivity index (χ1v) is 16.6. The van der Waals surface area contributed by atoms with Crippen LogP contribution in [0.4, 0.5) is 27.6 Å². The summed E-state index contributed by atoms with van der Waals surface area (Å²) in [5.74, 6) is -3.14. The molecular formula is C36H29ClF5N5O7. The zero-order valence-electron chi connectivity index (χ0n) is 28.0. The van der Waals surface area contributed by atoms with Crippen molar-refractivity contribution in [1.29, 1.82) is 0 Å². The first kappa shape index (κ1) is 36.7. The summed E-state index contributed by atoms with van der Waals surface area (Å²) in [6.45, 7) is -2.52. The van der Waals surface area contributed by atoms with E-state index in [1.807, 2.05) is 0 Å². The second-order valence-electron chi connectivity index (χ2n) is 13.0. The van der Waals surface area contributed by atoms with E-state index in [0.717, 1.165) is 37.3 Å². The van der Waals surface area contributed by atoms with Crippen LogP contribution in [-0.4, -0.2) is 60.2 Å². The monoisotopic (exact) mass is 773 g/mol. The highest BCUT2D eigenvalue weighted by atomic mass is 35.5. The molecule has 3 heterocycles. The van der Waals surface area contributed by atoms with E-state index in [4.69, 9.17) is 32.5 Å². The quantitative estimate of drug-likeness (QED) is 0.0669. The maximum absolute atomic E-state index is 14.2. The third-order valence-electron chi connectivity index (χ3n) is 9.21. The number of hydrogen-bond donors (Lipinski definition) is 4. The van der Waals surface area contributed by atoms with E-state index < -0.39 is 53.8 Å². The van der Waals surface area contributed by atoms with E-state index in [-0.39, 0.29) is 79.9 Å². The number of nitrogens with two attached hydrogens (primary N) is 2. The van der Waals surface area contributed by atoms with Gasteiger partial charge >= 0.3 is 12.8 Å². The number of amides is 2. The molecule has 3 aromatic carbocycles. The van der Waals surface area contributed by atoms with Crippen LogP contribution in [-0.2, 0) is 15.8 Å². The van der Waals surface area contributed by atoms with Gasteiger partial charge in [-0.2, -0.15) is 8.78 Å². The number of nitrogen functional groups attached to an aromatic ring is 1. The number of carbonyl (C=O) groups is 2. The number of hydrogen-bond acceptors (Lipinski definition) is 10. The van der Waals surface area contributed by atoms with Crippen LogP contribution in [0.5, 0.6) is 23.0 Å². The number of alkyl halides is 4. The van der Waals surface area contributed by atoms with Gasteiger partial charge in [0.15, 0.2) is 11.5 Å². The number of aliphatic imine (C=N–C) groups is 1. The first-order chi connectivity index (χ1) is 25.5. The Balaban J connectivity index is 1.34. The third kappa shape index (κ3) is 6.68. The number of pyridine rings is 1. The Bertz CT molecular complexity index is 2220. The lowest BCUT2D eigenvalue weighted by atomic mass is 9.80. The molecule has 0 unspecified atom stereocenters. The van der Waals surface area contributed by atoms with E-state index in [2.05, 4.69) is 24.8 Å². The predicted molar refractivity (Wildman–Crippen MR) is 183 cm³/mol. The van der Waals surface area contributed by atoms with Gasteiger partial charge in [0.05, 0.1) is 29.1 Å². The highest BCUT2D eigenvalue weighted by Gasteiger charge is 2.48. The molecule has 1 fully saturated rings. The molecule has 282 valence electrons. The zero-order valence-corrected chi connectivity index (χ0v) is 28.7. The van der Waals surface area contributed by atoms with Crippen LogP contribution >= 0.6 is 11.6 Å². The lowest BCUT2D eigenvalue weighted by molar-refractivity contribution is -0.286. The Morgan fingerprint density at radius 2 is 1.87 bits per heavy atom. The van der Waals surface area contributed by atoms with Crippen molar-refractivity contribution in [1.82, 2.24) is 10.3 Å². The number of nitrogens with zero attached hydrogens (tertiary/aromatic N) is 2. The largest absolute Gasteiger partial charge is 0.586 e. The SMILES string of the molecule is C[C@]1(C(N)=O)COc2c1cc([C@@](O)(CNC(=O)c1cc(/C=N/C(F)F)c(N)c(OC3CC3)c1)c1ccc(F)cc1)nc2-c1ccc2c(c1Cl)OC(F)(F)O2. The number of ether oxygens (including phenoxy) is 4. The minimum Gasteiger partial charge on any atom is -0.489 e. The van der Waals surface area contributed by atoms with Crippen molar-refractivity contribution in [2.45, 2.75) is 49.7 Å². The van der Waals surface area contributed by atoms with Crippen LogP contribution in [0, 0.1) is 5.82 Å². The zero-order chi connectivity index (χ0) is 38.7. The molecule has 2 atom stereocenters.